The second kappa shape index (κ2) is 4.51. The Bertz CT molecular complexity index is 315. The van der Waals surface area contributed by atoms with Gasteiger partial charge in [-0.15, -0.1) is 0 Å². The summed E-state index contributed by atoms with van der Waals surface area (Å²) in [6.45, 7) is 1.41. The van der Waals surface area contributed by atoms with E-state index in [0.717, 1.165) is 0 Å². The highest BCUT2D eigenvalue weighted by molar-refractivity contribution is 5.90. The molecule has 1 amide bonds. The van der Waals surface area contributed by atoms with Gasteiger partial charge >= 0.3 is 0 Å². The molecule has 6 N–H and O–H groups in total. The summed E-state index contributed by atoms with van der Waals surface area (Å²) in [5, 5.41) is 2.55. The molecule has 0 saturated carbocycles. The Balaban J connectivity index is 0.00000144. The molecule has 6 heteroatoms. The molecule has 0 aliphatic heterocycles. The number of H-pyrrole nitrogens is 1. The first-order valence-electron chi connectivity index (χ1n) is 3.44. The number of nitrogens with one attached hydrogen (secondary N) is 2. The highest BCUT2D eigenvalue weighted by atomic mass is 35.5. The number of aromatic nitrogens is 1. The van der Waals surface area contributed by atoms with Crippen LogP contribution in [0.15, 0.2) is 12.1 Å². The van der Waals surface area contributed by atoms with Crippen molar-refractivity contribution in [1.29, 1.82) is 0 Å². The zero-order valence-electron chi connectivity index (χ0n) is 7.10. The Hall–Kier alpha value is -1.49. The van der Waals surface area contributed by atoms with E-state index >= 15 is 0 Å². The first-order valence-corrected chi connectivity index (χ1v) is 3.44. The molecule has 1 heterocycles. The molecule has 0 fully saturated rings. The highest BCUT2D eigenvalue weighted by Crippen LogP contribution is 2.12. The quantitative estimate of drug-likeness (QED) is 0.444. The third-order valence-electron chi connectivity index (χ3n) is 1.31. The molecule has 0 spiro atoms. The predicted molar refractivity (Wildman–Crippen MR) is 46.1 cm³/mol. The minimum absolute atomic E-state index is 0. The molecule has 0 saturated heterocycles. The van der Waals surface area contributed by atoms with Gasteiger partial charge in [-0.3, -0.25) is 4.79 Å². The molecule has 5 nitrogen and oxygen atoms in total. The standard InChI is InChI=1S/C7H10N4O.ClH/c1-4(12)10-5-2-3-6(8)11-7(5)9;/h2-3H,1H3,(H,10,12)(H4,8,9,11);1H. The molecule has 0 aliphatic carbocycles. The highest BCUT2D eigenvalue weighted by Gasteiger charge is 2.04. The van der Waals surface area contributed by atoms with Gasteiger partial charge in [0.15, 0.2) is 0 Å². The molecule has 13 heavy (non-hydrogen) atoms. The van der Waals surface area contributed by atoms with Crippen LogP contribution < -0.4 is 34.2 Å². The summed E-state index contributed by atoms with van der Waals surface area (Å²) in [6.07, 6.45) is 0. The van der Waals surface area contributed by atoms with Crippen LogP contribution in [0.1, 0.15) is 6.92 Å². The monoisotopic (exact) mass is 202 g/mol. The van der Waals surface area contributed by atoms with Crippen LogP contribution in [0, 0.1) is 0 Å². The molecule has 1 aromatic heterocycles. The van der Waals surface area contributed by atoms with Gasteiger partial charge in [-0.2, -0.15) is 0 Å². The van der Waals surface area contributed by atoms with Gasteiger partial charge in [-0.05, 0) is 6.07 Å². The lowest BCUT2D eigenvalue weighted by molar-refractivity contribution is -0.341. The number of nitrogens with two attached hydrogens (primary N) is 2. The predicted octanol–water partition coefficient (Wildman–Crippen LogP) is -3.37. The van der Waals surface area contributed by atoms with Gasteiger partial charge in [0, 0.05) is 13.0 Å². The lowest BCUT2D eigenvalue weighted by atomic mass is 10.3. The Morgan fingerprint density at radius 2 is 2.08 bits per heavy atom. The maximum atomic E-state index is 10.6. The number of carbonyl (C=O) groups is 1. The van der Waals surface area contributed by atoms with Crippen LogP contribution in [0.4, 0.5) is 17.3 Å². The summed E-state index contributed by atoms with van der Waals surface area (Å²) >= 11 is 0. The van der Waals surface area contributed by atoms with Crippen LogP contribution in [0.3, 0.4) is 0 Å². The lowest BCUT2D eigenvalue weighted by Gasteiger charge is -2.01. The zero-order chi connectivity index (χ0) is 9.14. The van der Waals surface area contributed by atoms with E-state index in [9.17, 15) is 4.79 Å². The first-order chi connectivity index (χ1) is 5.59. The van der Waals surface area contributed by atoms with Crippen LogP contribution >= 0.6 is 0 Å². The number of hydrogen-bond donors (Lipinski definition) is 3. The molecule has 0 bridgehead atoms. The summed E-state index contributed by atoms with van der Waals surface area (Å²) in [7, 11) is 0. The number of carbonyl (C=O) groups excluding carboxylic acids is 1. The topological polar surface area (TPSA) is 95.3 Å². The van der Waals surface area contributed by atoms with E-state index in [1.165, 1.54) is 6.92 Å². The second-order valence-electron chi connectivity index (χ2n) is 2.42. The Morgan fingerprint density at radius 1 is 1.46 bits per heavy atom. The Morgan fingerprint density at radius 3 is 2.54 bits per heavy atom. The van der Waals surface area contributed by atoms with Crippen LogP contribution in [0.25, 0.3) is 0 Å². The van der Waals surface area contributed by atoms with Crippen molar-refractivity contribution in [2.75, 3.05) is 16.8 Å². The Kier molecular flexibility index (Phi) is 4.00. The minimum atomic E-state index is -0.167. The van der Waals surface area contributed by atoms with Crippen molar-refractivity contribution in [1.82, 2.24) is 0 Å². The SMILES string of the molecule is CC(=O)Nc1ccc(N)[nH+]c1N.[Cl-]. The van der Waals surface area contributed by atoms with Crippen molar-refractivity contribution in [2.24, 2.45) is 0 Å². The molecular weight excluding hydrogens is 192 g/mol. The molecule has 1 aromatic rings. The number of rotatable bonds is 1. The van der Waals surface area contributed by atoms with Crippen LogP contribution in [0.2, 0.25) is 0 Å². The number of anilines is 3. The van der Waals surface area contributed by atoms with E-state index < -0.39 is 0 Å². The number of nitrogen functional groups attached to an aromatic ring is 2. The maximum Gasteiger partial charge on any atom is 0.241 e. The van der Waals surface area contributed by atoms with Crippen LogP contribution in [-0.2, 0) is 4.79 Å². The summed E-state index contributed by atoms with van der Waals surface area (Å²) in [5.74, 6) is 0.645. The normalized spacial score (nSPS) is 8.69. The van der Waals surface area contributed by atoms with Gasteiger partial charge in [0.05, 0.1) is 0 Å². The Labute approximate surface area is 81.9 Å². The smallest absolute Gasteiger partial charge is 0.241 e. The number of pyridine rings is 1. The van der Waals surface area contributed by atoms with Gasteiger partial charge < -0.3 is 29.2 Å². The van der Waals surface area contributed by atoms with Crippen molar-refractivity contribution in [3.8, 4) is 0 Å². The fourth-order valence-electron chi connectivity index (χ4n) is 0.826. The van der Waals surface area contributed by atoms with Crippen molar-refractivity contribution in [2.45, 2.75) is 6.92 Å². The van der Waals surface area contributed by atoms with E-state index in [2.05, 4.69) is 10.3 Å². The summed E-state index contributed by atoms with van der Waals surface area (Å²) < 4.78 is 0. The van der Waals surface area contributed by atoms with Crippen LogP contribution in [-0.4, -0.2) is 5.91 Å². The van der Waals surface area contributed by atoms with E-state index in [4.69, 9.17) is 11.5 Å². The van der Waals surface area contributed by atoms with E-state index in [0.29, 0.717) is 17.3 Å². The fraction of sp³-hybridized carbons (Fsp3) is 0.143. The maximum absolute atomic E-state index is 10.6. The van der Waals surface area contributed by atoms with Crippen LogP contribution in [0.5, 0.6) is 0 Å². The molecule has 0 aromatic carbocycles. The van der Waals surface area contributed by atoms with Gasteiger partial charge in [0.1, 0.15) is 5.69 Å². The summed E-state index contributed by atoms with van der Waals surface area (Å²) in [4.78, 5) is 13.3. The molecule has 0 aliphatic rings. The molecule has 0 unspecified atom stereocenters. The second-order valence-corrected chi connectivity index (χ2v) is 2.42. The zero-order valence-corrected chi connectivity index (χ0v) is 7.85. The fourth-order valence-corrected chi connectivity index (χ4v) is 0.826. The number of halogens is 1. The van der Waals surface area contributed by atoms with E-state index in [1.807, 2.05) is 0 Å². The molecule has 0 atom stereocenters. The lowest BCUT2D eigenvalue weighted by Crippen LogP contribution is -3.00. The van der Waals surface area contributed by atoms with Crippen molar-refractivity contribution in [3.63, 3.8) is 0 Å². The molecular formula is C7H11ClN4O. The largest absolute Gasteiger partial charge is 1.00 e. The average Bonchev–Trinajstić information content (AvgIpc) is 1.94. The molecule has 1 rings (SSSR count). The minimum Gasteiger partial charge on any atom is -1.00 e. The van der Waals surface area contributed by atoms with Gasteiger partial charge in [-0.1, -0.05) is 0 Å². The van der Waals surface area contributed by atoms with E-state index in [-0.39, 0.29) is 18.3 Å². The van der Waals surface area contributed by atoms with Gasteiger partial charge in [0.2, 0.25) is 17.5 Å². The van der Waals surface area contributed by atoms with Crippen molar-refractivity contribution < 1.29 is 22.2 Å². The third-order valence-corrected chi connectivity index (χ3v) is 1.31. The number of hydrogen-bond acceptors (Lipinski definition) is 3. The molecule has 72 valence electrons. The molecule has 0 radical (unpaired) electrons. The first kappa shape index (κ1) is 11.5. The average molecular weight is 203 g/mol. The third kappa shape index (κ3) is 3.16. The van der Waals surface area contributed by atoms with Crippen molar-refractivity contribution >= 4 is 23.2 Å². The van der Waals surface area contributed by atoms with Gasteiger partial charge in [0.25, 0.3) is 0 Å². The van der Waals surface area contributed by atoms with E-state index in [1.54, 1.807) is 12.1 Å². The summed E-state index contributed by atoms with van der Waals surface area (Å²) in [6, 6.07) is 3.27. The van der Waals surface area contributed by atoms with Gasteiger partial charge in [-0.25, -0.2) is 4.98 Å². The summed E-state index contributed by atoms with van der Waals surface area (Å²) in [5.41, 5.74) is 11.5. The number of aromatic amines is 1. The van der Waals surface area contributed by atoms with Crippen molar-refractivity contribution in [3.05, 3.63) is 12.1 Å². The number of amides is 1.